The summed E-state index contributed by atoms with van der Waals surface area (Å²) in [6.07, 6.45) is -15.0. The minimum absolute atomic E-state index is 0.0915. The highest BCUT2D eigenvalue weighted by molar-refractivity contribution is 6.32. The molecule has 0 aromatic heterocycles. The Morgan fingerprint density at radius 1 is 0.680 bits per heavy atom. The van der Waals surface area contributed by atoms with Crippen LogP contribution in [-0.2, 0) is 75.1 Å². The minimum Gasteiger partial charge on any atom is -0.507 e. The first-order valence-electron chi connectivity index (χ1n) is 41.5. The molecule has 7 aromatic rings. The quantitative estimate of drug-likeness (QED) is 0.0232. The predicted octanol–water partition coefficient (Wildman–Crippen LogP) is 4.77. The number of rotatable bonds is 28. The summed E-state index contributed by atoms with van der Waals surface area (Å²) in [4.78, 5) is 120. The number of nitrogens with two attached hydrogens (primary N) is 1. The lowest BCUT2D eigenvalue weighted by Gasteiger charge is -2.48. The van der Waals surface area contributed by atoms with E-state index in [9.17, 15) is 60.3 Å². The molecule has 2 unspecified atom stereocenters. The smallest absolute Gasteiger partial charge is 0.330 e. The molecule has 39 heteroatoms. The van der Waals surface area contributed by atoms with Gasteiger partial charge in [0.05, 0.1) is 101 Å². The van der Waals surface area contributed by atoms with Crippen LogP contribution in [-0.4, -0.2) is 251 Å². The lowest BCUT2D eigenvalue weighted by atomic mass is 9.84. The van der Waals surface area contributed by atoms with Crippen molar-refractivity contribution in [3.63, 3.8) is 0 Å². The molecule has 128 heavy (non-hydrogen) atoms. The number of hydrogen-bond acceptors (Lipinski definition) is 27. The number of carboxylic acids is 1. The fourth-order valence-electron chi connectivity index (χ4n) is 15.7. The summed E-state index contributed by atoms with van der Waals surface area (Å²) in [6.45, 7) is 7.57. The molecule has 0 spiro atoms. The number of carbonyl (C=O) groups excluding carboxylic acids is 7. The number of aliphatic hydroxyl groups is 5. The number of amides is 7. The van der Waals surface area contributed by atoms with Gasteiger partial charge in [-0.15, -0.1) is 0 Å². The van der Waals surface area contributed by atoms with Gasteiger partial charge < -0.3 is 142 Å². The number of ether oxygens (including phenoxy) is 8. The zero-order valence-electron chi connectivity index (χ0n) is 71.3. The standard InChI is InChI=1S/C89H106Cl3N11O25/c1-42(2)29-57(94-5)82(113)101-73-75(108)48-16-21-61(55(91)31-48)125-63-33-50-34-64(79(63)127-66-41-123-65(40-104)78(111)80(66)128-68-37-89(4,81(112)43(3)124-68)96-38-44-9-11-45(12-10-44)46-13-18-51(90)19-14-46)126-62-22-17-49(32-56(62)92)76(109)74-87(118)100-72(88(119)120)53-35-60(106)54(39-95-23-25-121-27-28-122-26-24-103(6,7)8)77(110)69(53)52-30-47(15-20-59(52)105)70(84(115)102-74)99-85(116)71(50)98-83(114)58(36-67(93)107)97-86(73)117/h9-22,30-35,42-43,57-58,65-66,68,70-76,78,80-81,94-96,104,108-109,111-112H,23-29,36-41H2,1-8H3,(H11-,93,97,98,99,100,101,102,105,106,107,110,113,114,115,116,117,118,119,120)/p+1/t43-,57+,58-,65+,66-,68?,70+,71+,72-,73+,74-,75+,76?,78-,80+,81+,89-/m0/s1. The first-order chi connectivity index (χ1) is 60.8. The van der Waals surface area contributed by atoms with E-state index in [2.05, 4.69) is 47.9 Å². The van der Waals surface area contributed by atoms with Crippen molar-refractivity contribution < 1.29 is 127 Å². The summed E-state index contributed by atoms with van der Waals surface area (Å²) in [6, 6.07) is 14.2. The van der Waals surface area contributed by atoms with Crippen LogP contribution in [0.3, 0.4) is 0 Å². The monoisotopic (exact) mass is 1830 g/mol. The zero-order chi connectivity index (χ0) is 92.5. The van der Waals surface area contributed by atoms with Gasteiger partial charge >= 0.3 is 5.97 Å². The second-order valence-electron chi connectivity index (χ2n) is 33.7. The molecule has 2 saturated heterocycles. The molecule has 7 heterocycles. The molecule has 0 saturated carbocycles. The third kappa shape index (κ3) is 23.0. The molecule has 0 radical (unpaired) electrons. The number of aliphatic hydroxyl groups excluding tert-OH is 5. The van der Waals surface area contributed by atoms with E-state index in [1.807, 2.05) is 71.4 Å². The maximum Gasteiger partial charge on any atom is 0.330 e. The molecule has 36 nitrogen and oxygen atoms in total. The van der Waals surface area contributed by atoms with E-state index in [4.69, 9.17) is 78.4 Å². The third-order valence-electron chi connectivity index (χ3n) is 22.8. The largest absolute Gasteiger partial charge is 0.507 e. The van der Waals surface area contributed by atoms with Crippen LogP contribution in [0.5, 0.6) is 46.0 Å². The first kappa shape index (κ1) is 96.5. The van der Waals surface area contributed by atoms with Crippen molar-refractivity contribution >= 4 is 82.1 Å². The van der Waals surface area contributed by atoms with Gasteiger partial charge in [0, 0.05) is 53.3 Å². The van der Waals surface area contributed by atoms with Gasteiger partial charge in [-0.3, -0.25) is 33.6 Å². The van der Waals surface area contributed by atoms with Crippen LogP contribution in [0.4, 0.5) is 0 Å². The number of carbonyl (C=O) groups is 8. The fourth-order valence-corrected chi connectivity index (χ4v) is 16.3. The lowest BCUT2D eigenvalue weighted by Crippen LogP contribution is -2.64. The summed E-state index contributed by atoms with van der Waals surface area (Å²) in [5.74, 6) is -15.5. The SMILES string of the molecule is CN[C@H](CC(C)C)C(=O)N[C@H]1C(=O)N[C@@H](CC(N)=O)C(=O)N[C@H]2C(=O)N[C@H]3C(=O)N[C@H](C(=O)N[C@H](C(=O)O)c4cc(O)c(CNCCOCCOCC[N+](C)(C)C)c(O)c4-c4cc3ccc4O)C(O)c3ccc(c(Cl)c3)Oc3cc2cc(c3O[C@H]2CO[C@H](CO)[C@H](O)[C@@H]2OC2C[C@](C)(NCc3ccc(-c4ccc(Cl)cc4)cc3)[C@H](O)[C@H](C)O2)Oc2ccc(cc2Cl)[C@H]1O. The van der Waals surface area contributed by atoms with Crippen LogP contribution in [0.1, 0.15) is 116 Å². The molecule has 14 rings (SSSR count). The summed E-state index contributed by atoms with van der Waals surface area (Å²) in [5.41, 5.74) is 4.31. The van der Waals surface area contributed by atoms with E-state index in [1.165, 1.54) is 37.4 Å². The van der Waals surface area contributed by atoms with Crippen LogP contribution >= 0.6 is 34.8 Å². The number of carboxylic acid groups (broad SMARTS) is 1. The fraction of sp³-hybridized carbons (Fsp3) is 0.438. The Labute approximate surface area is 751 Å². The lowest BCUT2D eigenvalue weighted by molar-refractivity contribution is -0.870. The number of halogens is 3. The molecule has 7 aliphatic rings. The number of aromatic hydroxyl groups is 3. The number of primary amides is 1. The number of nitrogens with zero attached hydrogens (tertiary/aromatic N) is 1. The predicted molar refractivity (Wildman–Crippen MR) is 464 cm³/mol. The summed E-state index contributed by atoms with van der Waals surface area (Å²) in [7, 11) is 7.56. The van der Waals surface area contributed by atoms with Crippen molar-refractivity contribution in [2.24, 2.45) is 11.7 Å². The summed E-state index contributed by atoms with van der Waals surface area (Å²) >= 11 is 20.6. The molecule has 11 bridgehead atoms. The van der Waals surface area contributed by atoms with Crippen LogP contribution in [0.25, 0.3) is 22.3 Å². The molecule has 0 aliphatic carbocycles. The number of fused-ring (bicyclic) bond motifs is 15. The number of quaternary nitrogens is 1. The van der Waals surface area contributed by atoms with Crippen molar-refractivity contribution in [3.8, 4) is 68.2 Å². The average Bonchev–Trinajstić information content (AvgIpc) is 0.753. The van der Waals surface area contributed by atoms with Crippen molar-refractivity contribution in [2.75, 3.05) is 80.9 Å². The van der Waals surface area contributed by atoms with Crippen LogP contribution in [0.2, 0.25) is 15.1 Å². The zero-order valence-corrected chi connectivity index (χ0v) is 73.5. The van der Waals surface area contributed by atoms with Gasteiger partial charge in [-0.05, 0) is 139 Å². The number of likely N-dealkylation sites (N-methyl/N-ethyl adjacent to an activating group) is 2. The number of phenolic OH excluding ortho intramolecular Hbond substituents is 3. The Bertz CT molecular complexity index is 5230. The average molecular weight is 1840 g/mol. The van der Waals surface area contributed by atoms with Gasteiger partial charge in [0.2, 0.25) is 47.1 Å². The number of aliphatic carboxylic acids is 1. The molecular formula is C89H107Cl3N11O25+. The van der Waals surface area contributed by atoms with E-state index in [0.717, 1.165) is 65.7 Å². The van der Waals surface area contributed by atoms with Crippen molar-refractivity contribution in [2.45, 2.75) is 163 Å². The van der Waals surface area contributed by atoms with Crippen molar-refractivity contribution in [1.29, 1.82) is 0 Å². The van der Waals surface area contributed by atoms with E-state index in [-0.39, 0.29) is 97.0 Å². The normalized spacial score (nSPS) is 25.3. The highest BCUT2D eigenvalue weighted by Gasteiger charge is 2.51. The van der Waals surface area contributed by atoms with E-state index < -0.39 is 232 Å². The van der Waals surface area contributed by atoms with E-state index in [1.54, 1.807) is 26.0 Å². The van der Waals surface area contributed by atoms with Gasteiger partial charge in [0.15, 0.2) is 29.9 Å². The maximum atomic E-state index is 16.5. The number of benzene rings is 7. The van der Waals surface area contributed by atoms with E-state index >= 15 is 24.0 Å². The number of nitrogens with one attached hydrogen (secondary N) is 9. The molecule has 17 atom stereocenters. The molecule has 7 aromatic carbocycles. The molecule has 688 valence electrons. The van der Waals surface area contributed by atoms with Crippen LogP contribution < -0.4 is 67.8 Å². The second kappa shape index (κ2) is 41.9. The Hall–Kier alpha value is -10.6. The van der Waals surface area contributed by atoms with Crippen LogP contribution in [0.15, 0.2) is 121 Å². The first-order valence-corrected chi connectivity index (χ1v) is 42.7. The minimum atomic E-state index is -2.34. The molecule has 20 N–H and O–H groups in total. The Morgan fingerprint density at radius 2 is 1.29 bits per heavy atom. The highest BCUT2D eigenvalue weighted by atomic mass is 35.5. The van der Waals surface area contributed by atoms with E-state index in [0.29, 0.717) is 16.1 Å². The van der Waals surface area contributed by atoms with Crippen molar-refractivity contribution in [1.82, 2.24) is 47.9 Å². The Balaban J connectivity index is 1.01. The van der Waals surface area contributed by atoms with Crippen molar-refractivity contribution in [3.05, 3.63) is 175 Å². The van der Waals surface area contributed by atoms with Gasteiger partial charge in [0.1, 0.15) is 96.0 Å². The molecule has 7 amide bonds. The number of phenols is 3. The molecule has 7 aliphatic heterocycles. The molecular weight excluding hydrogens is 1730 g/mol. The van der Waals surface area contributed by atoms with Crippen LogP contribution in [0, 0.1) is 5.92 Å². The topological polar surface area (TPSA) is 527 Å². The summed E-state index contributed by atoms with van der Waals surface area (Å²) < 4.78 is 52.0. The molecule has 2 fully saturated rings. The van der Waals surface area contributed by atoms with Gasteiger partial charge in [-0.2, -0.15) is 0 Å². The number of hydrogen-bond donors (Lipinski definition) is 19. The Kier molecular flexibility index (Phi) is 31.6. The van der Waals surface area contributed by atoms with Gasteiger partial charge in [-0.25, -0.2) is 4.79 Å². The highest BCUT2D eigenvalue weighted by Crippen LogP contribution is 2.51. The van der Waals surface area contributed by atoms with Gasteiger partial charge in [0.25, 0.3) is 0 Å². The third-order valence-corrected chi connectivity index (χ3v) is 23.6. The maximum absolute atomic E-state index is 16.5. The Morgan fingerprint density at radius 3 is 1.90 bits per heavy atom. The summed E-state index contributed by atoms with van der Waals surface area (Å²) in [5, 5.41) is 132. The second-order valence-corrected chi connectivity index (χ2v) is 35.0. The van der Waals surface area contributed by atoms with Gasteiger partial charge in [-0.1, -0.05) is 103 Å².